The van der Waals surface area contributed by atoms with Crippen molar-refractivity contribution in [2.24, 2.45) is 0 Å². The van der Waals surface area contributed by atoms with Crippen LogP contribution in [-0.4, -0.2) is 20.2 Å². The lowest BCUT2D eigenvalue weighted by Gasteiger charge is -1.91. The lowest BCUT2D eigenvalue weighted by atomic mass is 10.3. The summed E-state index contributed by atoms with van der Waals surface area (Å²) in [5.41, 5.74) is 1.27. The molecule has 0 amide bonds. The number of aromatic nitrogens is 3. The second kappa shape index (κ2) is 2.97. The first-order valence-electron chi connectivity index (χ1n) is 3.37. The van der Waals surface area contributed by atoms with Gasteiger partial charge in [-0.3, -0.25) is 4.79 Å². The first-order chi connectivity index (χ1) is 6.20. The van der Waals surface area contributed by atoms with Gasteiger partial charge >= 0.3 is 0 Å². The molecule has 66 valence electrons. The van der Waals surface area contributed by atoms with Crippen LogP contribution in [0.2, 0.25) is 5.15 Å². The maximum Gasteiger partial charge on any atom is 0.256 e. The number of aromatic amines is 1. The van der Waals surface area contributed by atoms with Gasteiger partial charge in [0.25, 0.3) is 5.24 Å². The van der Waals surface area contributed by atoms with E-state index in [2.05, 4.69) is 15.0 Å². The molecule has 6 heteroatoms. The minimum Gasteiger partial charge on any atom is -0.357 e. The van der Waals surface area contributed by atoms with Gasteiger partial charge in [-0.25, -0.2) is 9.97 Å². The van der Waals surface area contributed by atoms with Crippen molar-refractivity contribution >= 4 is 39.5 Å². The van der Waals surface area contributed by atoms with Crippen molar-refractivity contribution in [2.45, 2.75) is 0 Å². The molecular formula is C7H3Cl2N3O. The third-order valence-electron chi connectivity index (χ3n) is 1.63. The van der Waals surface area contributed by atoms with Crippen molar-refractivity contribution in [1.29, 1.82) is 0 Å². The Morgan fingerprint density at radius 3 is 2.92 bits per heavy atom. The summed E-state index contributed by atoms with van der Waals surface area (Å²) in [5, 5.41) is -0.296. The Bertz CT molecular complexity index is 480. The molecule has 0 unspecified atom stereocenters. The maximum absolute atomic E-state index is 10.9. The highest BCUT2D eigenvalue weighted by atomic mass is 35.5. The van der Waals surface area contributed by atoms with E-state index < -0.39 is 5.24 Å². The average molecular weight is 216 g/mol. The van der Waals surface area contributed by atoms with Gasteiger partial charge in [-0.05, 0) is 11.6 Å². The van der Waals surface area contributed by atoms with Crippen molar-refractivity contribution in [2.75, 3.05) is 0 Å². The van der Waals surface area contributed by atoms with E-state index in [0.717, 1.165) is 0 Å². The first-order valence-corrected chi connectivity index (χ1v) is 4.13. The van der Waals surface area contributed by atoms with Crippen LogP contribution >= 0.6 is 23.2 Å². The van der Waals surface area contributed by atoms with E-state index in [9.17, 15) is 4.79 Å². The Kier molecular flexibility index (Phi) is 1.94. The van der Waals surface area contributed by atoms with Gasteiger partial charge in [0.1, 0.15) is 17.4 Å². The minimum atomic E-state index is -0.569. The zero-order valence-corrected chi connectivity index (χ0v) is 7.73. The number of fused-ring (bicyclic) bond motifs is 1. The molecule has 0 aromatic carbocycles. The van der Waals surface area contributed by atoms with Crippen LogP contribution in [0.15, 0.2) is 12.5 Å². The third-order valence-corrected chi connectivity index (χ3v) is 2.12. The highest BCUT2D eigenvalue weighted by molar-refractivity contribution is 6.68. The summed E-state index contributed by atoms with van der Waals surface area (Å²) in [7, 11) is 0. The van der Waals surface area contributed by atoms with E-state index in [1.165, 1.54) is 12.5 Å². The molecule has 0 saturated heterocycles. The molecule has 0 bridgehead atoms. The molecule has 13 heavy (non-hydrogen) atoms. The lowest BCUT2D eigenvalue weighted by Crippen LogP contribution is -1.88. The van der Waals surface area contributed by atoms with Crippen LogP contribution in [0.25, 0.3) is 11.0 Å². The molecule has 0 aliphatic heterocycles. The molecule has 0 spiro atoms. The molecule has 2 rings (SSSR count). The topological polar surface area (TPSA) is 58.6 Å². The molecule has 0 radical (unpaired) electrons. The van der Waals surface area contributed by atoms with Crippen molar-refractivity contribution in [3.05, 3.63) is 23.2 Å². The number of nitrogens with zero attached hydrogens (tertiary/aromatic N) is 2. The number of nitrogens with one attached hydrogen (secondary N) is 1. The predicted molar refractivity (Wildman–Crippen MR) is 49.1 cm³/mol. The van der Waals surface area contributed by atoms with Gasteiger partial charge in [0, 0.05) is 6.20 Å². The third kappa shape index (κ3) is 1.28. The number of H-pyrrole nitrogens is 1. The van der Waals surface area contributed by atoms with Crippen LogP contribution in [0.4, 0.5) is 0 Å². The highest BCUT2D eigenvalue weighted by Gasteiger charge is 2.12. The summed E-state index contributed by atoms with van der Waals surface area (Å²) in [5.74, 6) is 0. The fourth-order valence-electron chi connectivity index (χ4n) is 1.06. The quantitative estimate of drug-likeness (QED) is 0.585. The van der Waals surface area contributed by atoms with Crippen LogP contribution < -0.4 is 0 Å². The summed E-state index contributed by atoms with van der Waals surface area (Å²) in [6, 6.07) is 0. The van der Waals surface area contributed by atoms with Crippen LogP contribution in [-0.2, 0) is 0 Å². The average Bonchev–Trinajstić information content (AvgIpc) is 2.48. The second-order valence-corrected chi connectivity index (χ2v) is 3.07. The summed E-state index contributed by atoms with van der Waals surface area (Å²) in [6.45, 7) is 0. The van der Waals surface area contributed by atoms with Crippen LogP contribution in [0.3, 0.4) is 0 Å². The van der Waals surface area contributed by atoms with E-state index in [1.54, 1.807) is 0 Å². The molecule has 0 saturated carbocycles. The van der Waals surface area contributed by atoms with Crippen molar-refractivity contribution in [1.82, 2.24) is 15.0 Å². The van der Waals surface area contributed by atoms with E-state index in [1.807, 2.05) is 0 Å². The Morgan fingerprint density at radius 1 is 1.46 bits per heavy atom. The zero-order valence-electron chi connectivity index (χ0n) is 6.21. The van der Waals surface area contributed by atoms with Gasteiger partial charge in [0.05, 0.1) is 5.56 Å². The molecule has 2 heterocycles. The number of hydrogen-bond acceptors (Lipinski definition) is 3. The molecule has 1 N–H and O–H groups in total. The fourth-order valence-corrected chi connectivity index (χ4v) is 1.39. The SMILES string of the molecule is O=C(Cl)c1c[nH]c2c(Cl)ncnc12. The first kappa shape index (κ1) is 8.47. The Morgan fingerprint density at radius 2 is 2.23 bits per heavy atom. The Balaban J connectivity index is 2.83. The summed E-state index contributed by atoms with van der Waals surface area (Å²) >= 11 is 11.1. The van der Waals surface area contributed by atoms with Crippen molar-refractivity contribution in [3.63, 3.8) is 0 Å². The summed E-state index contributed by atoms with van der Waals surface area (Å²) in [4.78, 5) is 21.3. The molecule has 0 aliphatic rings. The van der Waals surface area contributed by atoms with E-state index in [4.69, 9.17) is 23.2 Å². The van der Waals surface area contributed by atoms with Gasteiger partial charge in [-0.15, -0.1) is 0 Å². The molecule has 2 aromatic rings. The number of halogens is 2. The molecule has 4 nitrogen and oxygen atoms in total. The van der Waals surface area contributed by atoms with E-state index in [0.29, 0.717) is 16.6 Å². The second-order valence-electron chi connectivity index (χ2n) is 2.36. The van der Waals surface area contributed by atoms with Gasteiger partial charge in [-0.1, -0.05) is 11.6 Å². The highest BCUT2D eigenvalue weighted by Crippen LogP contribution is 2.21. The maximum atomic E-state index is 10.9. The minimum absolute atomic E-state index is 0.272. The number of hydrogen-bond donors (Lipinski definition) is 1. The van der Waals surface area contributed by atoms with Crippen molar-refractivity contribution in [3.8, 4) is 0 Å². The standard InChI is InChI=1S/C7H3Cl2N3O/c8-6-5-4(11-2-12-6)3(1-10-5)7(9)13/h1-2,10H. The van der Waals surface area contributed by atoms with Gasteiger partial charge in [0.2, 0.25) is 0 Å². The van der Waals surface area contributed by atoms with Crippen LogP contribution in [0, 0.1) is 0 Å². The number of carbonyl (C=O) groups is 1. The largest absolute Gasteiger partial charge is 0.357 e. The monoisotopic (exact) mass is 215 g/mol. The Labute approximate surface area is 82.9 Å². The van der Waals surface area contributed by atoms with E-state index >= 15 is 0 Å². The lowest BCUT2D eigenvalue weighted by molar-refractivity contribution is 0.108. The normalized spacial score (nSPS) is 10.6. The van der Waals surface area contributed by atoms with Crippen molar-refractivity contribution < 1.29 is 4.79 Å². The molecule has 0 fully saturated rings. The molecular weight excluding hydrogens is 213 g/mol. The number of rotatable bonds is 1. The van der Waals surface area contributed by atoms with Gasteiger partial charge in [0.15, 0.2) is 5.15 Å². The van der Waals surface area contributed by atoms with Gasteiger partial charge in [-0.2, -0.15) is 0 Å². The smallest absolute Gasteiger partial charge is 0.256 e. The predicted octanol–water partition coefficient (Wildman–Crippen LogP) is 1.99. The van der Waals surface area contributed by atoms with E-state index in [-0.39, 0.29) is 5.15 Å². The van der Waals surface area contributed by atoms with Crippen LogP contribution in [0.5, 0.6) is 0 Å². The van der Waals surface area contributed by atoms with Gasteiger partial charge < -0.3 is 4.98 Å². The fraction of sp³-hybridized carbons (Fsp3) is 0. The zero-order chi connectivity index (χ0) is 9.42. The summed E-state index contributed by atoms with van der Waals surface area (Å²) in [6.07, 6.45) is 2.74. The number of carbonyl (C=O) groups excluding carboxylic acids is 1. The molecule has 0 aliphatic carbocycles. The summed E-state index contributed by atoms with van der Waals surface area (Å²) < 4.78 is 0. The molecule has 2 aromatic heterocycles. The molecule has 0 atom stereocenters. The van der Waals surface area contributed by atoms with Crippen LogP contribution in [0.1, 0.15) is 10.4 Å². The Hall–Kier alpha value is -1.13.